The molecule has 1 aromatic carbocycles. The van der Waals surface area contributed by atoms with E-state index in [1.54, 1.807) is 38.2 Å². The minimum Gasteiger partial charge on any atom is -0.350 e. The van der Waals surface area contributed by atoms with Gasteiger partial charge in [-0.15, -0.1) is 0 Å². The van der Waals surface area contributed by atoms with Crippen molar-refractivity contribution in [3.8, 4) is 0 Å². The molecule has 2 amide bonds. The lowest BCUT2D eigenvalue weighted by atomic mass is 10.1. The average molecular weight is 340 g/mol. The minimum atomic E-state index is -0.116. The second kappa shape index (κ2) is 7.79. The summed E-state index contributed by atoms with van der Waals surface area (Å²) in [6, 6.07) is 9.35. The number of rotatable bonds is 5. The molecular weight excluding hydrogens is 316 g/mol. The second-order valence-electron chi connectivity index (χ2n) is 6.28. The molecule has 0 unspecified atom stereocenters. The molecule has 0 bridgehead atoms. The third kappa shape index (κ3) is 4.56. The molecule has 0 spiro atoms. The van der Waals surface area contributed by atoms with E-state index in [4.69, 9.17) is 0 Å². The Kier molecular flexibility index (Phi) is 5.75. The molecule has 0 atom stereocenters. The summed E-state index contributed by atoms with van der Waals surface area (Å²) in [6.45, 7) is 4.10. The van der Waals surface area contributed by atoms with Gasteiger partial charge >= 0.3 is 0 Å². The van der Waals surface area contributed by atoms with E-state index in [9.17, 15) is 9.59 Å². The smallest absolute Gasteiger partial charge is 0.254 e. The maximum atomic E-state index is 12.3. The summed E-state index contributed by atoms with van der Waals surface area (Å²) in [4.78, 5) is 31.7. The van der Waals surface area contributed by atoms with Crippen molar-refractivity contribution < 1.29 is 9.59 Å². The van der Waals surface area contributed by atoms with Crippen molar-refractivity contribution in [3.05, 3.63) is 53.2 Å². The van der Waals surface area contributed by atoms with Gasteiger partial charge in [-0.1, -0.05) is 18.2 Å². The van der Waals surface area contributed by atoms with Crippen molar-refractivity contribution in [3.63, 3.8) is 0 Å². The normalized spacial score (nSPS) is 10.3. The first kappa shape index (κ1) is 18.4. The number of anilines is 2. The molecule has 2 aromatic rings. The number of hydrogen-bond acceptors (Lipinski definition) is 4. The largest absolute Gasteiger partial charge is 0.350 e. The molecule has 25 heavy (non-hydrogen) atoms. The number of pyridine rings is 1. The van der Waals surface area contributed by atoms with Gasteiger partial charge in [-0.25, -0.2) is 4.98 Å². The zero-order valence-corrected chi connectivity index (χ0v) is 15.3. The molecular formula is C19H24N4O2. The highest BCUT2D eigenvalue weighted by atomic mass is 16.2. The van der Waals surface area contributed by atoms with Crippen molar-refractivity contribution in [2.45, 2.75) is 13.8 Å². The van der Waals surface area contributed by atoms with E-state index in [2.05, 4.69) is 10.3 Å². The van der Waals surface area contributed by atoms with E-state index in [0.717, 1.165) is 16.8 Å². The molecule has 0 aliphatic rings. The highest BCUT2D eigenvalue weighted by molar-refractivity contribution is 5.95. The van der Waals surface area contributed by atoms with E-state index in [1.807, 2.05) is 32.0 Å². The van der Waals surface area contributed by atoms with Crippen molar-refractivity contribution in [2.75, 3.05) is 37.9 Å². The van der Waals surface area contributed by atoms with Crippen LogP contribution in [0.5, 0.6) is 0 Å². The number of nitrogens with one attached hydrogen (secondary N) is 1. The summed E-state index contributed by atoms with van der Waals surface area (Å²) in [7, 11) is 5.18. The highest BCUT2D eigenvalue weighted by Crippen LogP contribution is 2.19. The first-order valence-electron chi connectivity index (χ1n) is 8.04. The second-order valence-corrected chi connectivity index (χ2v) is 6.28. The van der Waals surface area contributed by atoms with Crippen LogP contribution in [-0.4, -0.2) is 49.4 Å². The number of aromatic nitrogens is 1. The van der Waals surface area contributed by atoms with Crippen molar-refractivity contribution >= 4 is 23.3 Å². The number of benzene rings is 1. The number of carbonyl (C=O) groups is 2. The first-order chi connectivity index (χ1) is 11.8. The maximum absolute atomic E-state index is 12.3. The lowest BCUT2D eigenvalue weighted by Crippen LogP contribution is -2.31. The molecule has 0 fully saturated rings. The molecule has 0 radical (unpaired) electrons. The van der Waals surface area contributed by atoms with Gasteiger partial charge in [0.25, 0.3) is 5.91 Å². The Morgan fingerprint density at radius 1 is 1.04 bits per heavy atom. The Morgan fingerprint density at radius 2 is 1.68 bits per heavy atom. The van der Waals surface area contributed by atoms with Gasteiger partial charge in [-0.2, -0.15) is 0 Å². The van der Waals surface area contributed by atoms with Gasteiger partial charge in [0.1, 0.15) is 5.82 Å². The summed E-state index contributed by atoms with van der Waals surface area (Å²) >= 11 is 0. The Bertz CT molecular complexity index is 749. The van der Waals surface area contributed by atoms with Crippen molar-refractivity contribution in [1.82, 2.24) is 9.88 Å². The monoisotopic (exact) mass is 340 g/mol. The van der Waals surface area contributed by atoms with E-state index >= 15 is 0 Å². The van der Waals surface area contributed by atoms with Crippen LogP contribution in [0, 0.1) is 13.8 Å². The van der Waals surface area contributed by atoms with Crippen LogP contribution < -0.4 is 10.2 Å². The Morgan fingerprint density at radius 3 is 2.20 bits per heavy atom. The molecule has 0 aliphatic heterocycles. The molecule has 2 rings (SSSR count). The summed E-state index contributed by atoms with van der Waals surface area (Å²) in [5.41, 5.74) is 3.42. The van der Waals surface area contributed by atoms with Crippen LogP contribution in [0.2, 0.25) is 0 Å². The lowest BCUT2D eigenvalue weighted by molar-refractivity contribution is -0.114. The molecule has 1 N–H and O–H groups in total. The van der Waals surface area contributed by atoms with E-state index in [1.165, 1.54) is 11.1 Å². The van der Waals surface area contributed by atoms with Gasteiger partial charge < -0.3 is 15.1 Å². The number of para-hydroxylation sites is 1. The van der Waals surface area contributed by atoms with E-state index < -0.39 is 0 Å². The molecule has 0 saturated heterocycles. The summed E-state index contributed by atoms with van der Waals surface area (Å²) < 4.78 is 0. The maximum Gasteiger partial charge on any atom is 0.254 e. The third-order valence-electron chi connectivity index (χ3n) is 3.92. The Labute approximate surface area is 148 Å². The van der Waals surface area contributed by atoms with Gasteiger partial charge in [-0.05, 0) is 37.1 Å². The van der Waals surface area contributed by atoms with Gasteiger partial charge in [0.05, 0.1) is 12.1 Å². The van der Waals surface area contributed by atoms with Crippen LogP contribution in [0.15, 0.2) is 36.5 Å². The van der Waals surface area contributed by atoms with Crippen LogP contribution in [-0.2, 0) is 4.79 Å². The molecule has 0 aliphatic carbocycles. The Balaban J connectivity index is 2.03. The number of nitrogens with zero attached hydrogens (tertiary/aromatic N) is 3. The molecule has 1 heterocycles. The summed E-state index contributed by atoms with van der Waals surface area (Å²) in [5, 5.41) is 2.95. The fourth-order valence-corrected chi connectivity index (χ4v) is 2.48. The molecule has 6 heteroatoms. The highest BCUT2D eigenvalue weighted by Gasteiger charge is 2.13. The number of aryl methyl sites for hydroxylation is 2. The van der Waals surface area contributed by atoms with Gasteiger partial charge in [-0.3, -0.25) is 9.59 Å². The van der Waals surface area contributed by atoms with Crippen LogP contribution in [0.4, 0.5) is 11.5 Å². The topological polar surface area (TPSA) is 65.5 Å². The van der Waals surface area contributed by atoms with Crippen LogP contribution in [0.25, 0.3) is 0 Å². The predicted molar refractivity (Wildman–Crippen MR) is 100 cm³/mol. The van der Waals surface area contributed by atoms with Crippen LogP contribution in [0.3, 0.4) is 0 Å². The van der Waals surface area contributed by atoms with Gasteiger partial charge in [0.2, 0.25) is 5.91 Å². The Hall–Kier alpha value is -2.89. The number of amides is 2. The SMILES string of the molecule is Cc1cccc(C)c1NC(=O)CN(C)c1ccc(C(=O)N(C)C)cn1. The minimum absolute atomic E-state index is 0.102. The van der Waals surface area contributed by atoms with E-state index in [0.29, 0.717) is 11.4 Å². The summed E-state index contributed by atoms with van der Waals surface area (Å²) in [6.07, 6.45) is 1.53. The summed E-state index contributed by atoms with van der Waals surface area (Å²) in [5.74, 6) is 0.414. The predicted octanol–water partition coefficient (Wildman–Crippen LogP) is 2.48. The van der Waals surface area contributed by atoms with Crippen LogP contribution in [0.1, 0.15) is 21.5 Å². The zero-order chi connectivity index (χ0) is 18.6. The third-order valence-corrected chi connectivity index (χ3v) is 3.92. The van der Waals surface area contributed by atoms with Crippen molar-refractivity contribution in [2.24, 2.45) is 0 Å². The number of hydrogen-bond donors (Lipinski definition) is 1. The zero-order valence-electron chi connectivity index (χ0n) is 15.3. The molecule has 132 valence electrons. The number of likely N-dealkylation sites (N-methyl/N-ethyl adjacent to an activating group) is 1. The average Bonchev–Trinajstić information content (AvgIpc) is 2.57. The van der Waals surface area contributed by atoms with Crippen LogP contribution >= 0.6 is 0 Å². The van der Waals surface area contributed by atoms with Crippen molar-refractivity contribution in [1.29, 1.82) is 0 Å². The quantitative estimate of drug-likeness (QED) is 0.908. The van der Waals surface area contributed by atoms with E-state index in [-0.39, 0.29) is 18.4 Å². The lowest BCUT2D eigenvalue weighted by Gasteiger charge is -2.19. The molecule has 1 aromatic heterocycles. The fraction of sp³-hybridized carbons (Fsp3) is 0.316. The molecule has 6 nitrogen and oxygen atoms in total. The number of carbonyl (C=O) groups excluding carboxylic acids is 2. The molecule has 0 saturated carbocycles. The van der Waals surface area contributed by atoms with Gasteiger partial charge in [0.15, 0.2) is 0 Å². The standard InChI is InChI=1S/C19H24N4O2/c1-13-7-6-8-14(2)18(13)21-17(24)12-23(5)16-10-9-15(11-20-16)19(25)22(3)4/h6-11H,12H2,1-5H3,(H,21,24). The first-order valence-corrected chi connectivity index (χ1v) is 8.04. The fourth-order valence-electron chi connectivity index (χ4n) is 2.48. The van der Waals surface area contributed by atoms with Gasteiger partial charge in [0, 0.05) is 33.0 Å².